The van der Waals surface area contributed by atoms with Gasteiger partial charge in [-0.2, -0.15) is 0 Å². The molecule has 26 heavy (non-hydrogen) atoms. The number of carbonyl (C=O) groups excluding carboxylic acids is 3. The molecule has 1 aliphatic rings. The first-order valence-electron chi connectivity index (χ1n) is 7.93. The summed E-state index contributed by atoms with van der Waals surface area (Å²) in [5.74, 6) is -1.15. The quantitative estimate of drug-likeness (QED) is 0.623. The van der Waals surface area contributed by atoms with Crippen LogP contribution in [0, 0.1) is 0 Å². The lowest BCUT2D eigenvalue weighted by Crippen LogP contribution is -2.49. The van der Waals surface area contributed by atoms with Crippen LogP contribution >= 0.6 is 0 Å². The summed E-state index contributed by atoms with van der Waals surface area (Å²) in [6.07, 6.45) is 1.38. The number of nitrogens with zero attached hydrogens (tertiary/aromatic N) is 2. The number of urea groups is 1. The fraction of sp³-hybridized carbons (Fsp3) is 0.211. The maximum absolute atomic E-state index is 13.1. The standard InChI is InChI=1S/C19H18N2O5/c1-20-15(12-8-5-4-6-9-12)14(17(22)13-10-7-11-26-13)16(18(23)25-3)21(2)19(20)24/h4-11,15H,1-3H3. The van der Waals surface area contributed by atoms with Gasteiger partial charge in [0, 0.05) is 14.1 Å². The van der Waals surface area contributed by atoms with Gasteiger partial charge in [0.05, 0.1) is 25.0 Å². The van der Waals surface area contributed by atoms with Crippen molar-refractivity contribution >= 4 is 17.8 Å². The molecule has 1 atom stereocenters. The van der Waals surface area contributed by atoms with E-state index < -0.39 is 23.8 Å². The van der Waals surface area contributed by atoms with E-state index in [2.05, 4.69) is 0 Å². The van der Waals surface area contributed by atoms with Crippen LogP contribution in [0.1, 0.15) is 22.2 Å². The number of likely N-dealkylation sites (N-methyl/N-ethyl adjacent to an activating group) is 2. The number of furan rings is 1. The van der Waals surface area contributed by atoms with E-state index in [9.17, 15) is 14.4 Å². The van der Waals surface area contributed by atoms with Gasteiger partial charge in [-0.25, -0.2) is 9.59 Å². The summed E-state index contributed by atoms with van der Waals surface area (Å²) in [6, 6.07) is 11.0. The largest absolute Gasteiger partial charge is 0.464 e. The van der Waals surface area contributed by atoms with Gasteiger partial charge < -0.3 is 14.1 Å². The average molecular weight is 354 g/mol. The Morgan fingerprint density at radius 1 is 1.08 bits per heavy atom. The molecule has 1 aliphatic heterocycles. The molecule has 2 amide bonds. The summed E-state index contributed by atoms with van der Waals surface area (Å²) in [4.78, 5) is 40.8. The highest BCUT2D eigenvalue weighted by molar-refractivity contribution is 6.14. The maximum atomic E-state index is 13.1. The van der Waals surface area contributed by atoms with Crippen molar-refractivity contribution in [3.05, 3.63) is 71.3 Å². The van der Waals surface area contributed by atoms with E-state index in [1.165, 1.54) is 31.4 Å². The molecule has 0 saturated carbocycles. The Morgan fingerprint density at radius 2 is 1.77 bits per heavy atom. The minimum absolute atomic E-state index is 0.0819. The lowest BCUT2D eigenvalue weighted by atomic mass is 9.89. The SMILES string of the molecule is COC(=O)C1=C(C(=O)c2ccco2)C(c2ccccc2)N(C)C(=O)N1C. The number of hydrogen-bond acceptors (Lipinski definition) is 5. The van der Waals surface area contributed by atoms with Crippen molar-refractivity contribution in [2.75, 3.05) is 21.2 Å². The van der Waals surface area contributed by atoms with E-state index in [1.54, 1.807) is 37.4 Å². The van der Waals surface area contributed by atoms with Crippen molar-refractivity contribution in [3.63, 3.8) is 0 Å². The number of carbonyl (C=O) groups is 3. The van der Waals surface area contributed by atoms with Crippen molar-refractivity contribution in [2.45, 2.75) is 6.04 Å². The third-order valence-corrected chi connectivity index (χ3v) is 4.32. The third kappa shape index (κ3) is 2.77. The first-order valence-corrected chi connectivity index (χ1v) is 7.93. The zero-order valence-corrected chi connectivity index (χ0v) is 14.6. The minimum Gasteiger partial charge on any atom is -0.464 e. The molecule has 134 valence electrons. The van der Waals surface area contributed by atoms with Crippen LogP contribution in [0.5, 0.6) is 0 Å². The summed E-state index contributed by atoms with van der Waals surface area (Å²) in [6.45, 7) is 0. The van der Waals surface area contributed by atoms with Crippen LogP contribution in [0.3, 0.4) is 0 Å². The number of esters is 1. The second kappa shape index (κ2) is 6.87. The van der Waals surface area contributed by atoms with Crippen LogP contribution in [0.2, 0.25) is 0 Å². The van der Waals surface area contributed by atoms with Crippen LogP contribution in [0.4, 0.5) is 4.79 Å². The highest BCUT2D eigenvalue weighted by atomic mass is 16.5. The van der Waals surface area contributed by atoms with Crippen molar-refractivity contribution in [2.24, 2.45) is 0 Å². The van der Waals surface area contributed by atoms with Gasteiger partial charge in [0.1, 0.15) is 5.70 Å². The lowest BCUT2D eigenvalue weighted by molar-refractivity contribution is -0.137. The average Bonchev–Trinajstić information content (AvgIpc) is 3.20. The highest BCUT2D eigenvalue weighted by Crippen LogP contribution is 2.37. The summed E-state index contributed by atoms with van der Waals surface area (Å²) in [5, 5.41) is 0. The fourth-order valence-electron chi connectivity index (χ4n) is 3.09. The first kappa shape index (κ1) is 17.5. The number of Topliss-reactive ketones (excluding diaryl/α,β-unsaturated/α-hetero) is 1. The molecule has 1 aromatic carbocycles. The molecule has 0 N–H and O–H groups in total. The number of methoxy groups -OCH3 is 1. The topological polar surface area (TPSA) is 80.1 Å². The predicted octanol–water partition coefficient (Wildman–Crippen LogP) is 2.63. The molecular formula is C19H18N2O5. The lowest BCUT2D eigenvalue weighted by Gasteiger charge is -2.39. The second-order valence-electron chi connectivity index (χ2n) is 5.83. The van der Waals surface area contributed by atoms with Crippen molar-refractivity contribution in [1.82, 2.24) is 9.80 Å². The van der Waals surface area contributed by atoms with Crippen molar-refractivity contribution in [3.8, 4) is 0 Å². The number of benzene rings is 1. The molecule has 0 fully saturated rings. The molecule has 7 nitrogen and oxygen atoms in total. The predicted molar refractivity (Wildman–Crippen MR) is 92.2 cm³/mol. The minimum atomic E-state index is -0.759. The first-order chi connectivity index (χ1) is 12.5. The van der Waals surface area contributed by atoms with Gasteiger partial charge in [0.25, 0.3) is 0 Å². The molecule has 7 heteroatoms. The van der Waals surface area contributed by atoms with E-state index in [0.717, 1.165) is 4.90 Å². The molecule has 1 unspecified atom stereocenters. The van der Waals surface area contributed by atoms with Gasteiger partial charge in [-0.1, -0.05) is 30.3 Å². The van der Waals surface area contributed by atoms with E-state index >= 15 is 0 Å². The van der Waals surface area contributed by atoms with Gasteiger partial charge >= 0.3 is 12.0 Å². The van der Waals surface area contributed by atoms with Gasteiger partial charge in [-0.3, -0.25) is 9.69 Å². The van der Waals surface area contributed by atoms with Gasteiger partial charge in [-0.05, 0) is 17.7 Å². The summed E-state index contributed by atoms with van der Waals surface area (Å²) < 4.78 is 10.1. The fourth-order valence-corrected chi connectivity index (χ4v) is 3.09. The number of ketones is 1. The zero-order chi connectivity index (χ0) is 18.8. The van der Waals surface area contributed by atoms with Gasteiger partial charge in [-0.15, -0.1) is 0 Å². The van der Waals surface area contributed by atoms with Crippen LogP contribution in [0.25, 0.3) is 0 Å². The molecular weight excluding hydrogens is 336 g/mol. The number of rotatable bonds is 4. The molecule has 0 saturated heterocycles. The van der Waals surface area contributed by atoms with E-state index in [1.807, 2.05) is 6.07 Å². The Kier molecular flexibility index (Phi) is 4.62. The smallest absolute Gasteiger partial charge is 0.355 e. The molecule has 2 aromatic rings. The number of amides is 2. The Morgan fingerprint density at radius 3 is 2.35 bits per heavy atom. The molecule has 3 rings (SSSR count). The van der Waals surface area contributed by atoms with Crippen LogP contribution < -0.4 is 0 Å². The Bertz CT molecular complexity index is 871. The molecule has 0 spiro atoms. The Balaban J connectivity index is 2.28. The van der Waals surface area contributed by atoms with Crippen LogP contribution in [-0.4, -0.2) is 48.8 Å². The Labute approximate surface area is 150 Å². The summed E-state index contributed by atoms with van der Waals surface area (Å²) >= 11 is 0. The van der Waals surface area contributed by atoms with E-state index in [4.69, 9.17) is 9.15 Å². The number of ether oxygens (including phenoxy) is 1. The molecule has 1 aromatic heterocycles. The number of hydrogen-bond donors (Lipinski definition) is 0. The van der Waals surface area contributed by atoms with Crippen molar-refractivity contribution in [1.29, 1.82) is 0 Å². The second-order valence-corrected chi connectivity index (χ2v) is 5.83. The summed E-state index contributed by atoms with van der Waals surface area (Å²) in [7, 11) is 4.22. The molecule has 0 bridgehead atoms. The van der Waals surface area contributed by atoms with Gasteiger partial charge in [0.15, 0.2) is 5.76 Å². The highest BCUT2D eigenvalue weighted by Gasteiger charge is 2.43. The molecule has 0 radical (unpaired) electrons. The maximum Gasteiger partial charge on any atom is 0.355 e. The molecule has 2 heterocycles. The van der Waals surface area contributed by atoms with E-state index in [0.29, 0.717) is 5.56 Å². The normalized spacial score (nSPS) is 17.5. The van der Waals surface area contributed by atoms with Crippen molar-refractivity contribution < 1.29 is 23.5 Å². The van der Waals surface area contributed by atoms with E-state index in [-0.39, 0.29) is 17.0 Å². The Hall–Kier alpha value is -3.35. The zero-order valence-electron chi connectivity index (χ0n) is 14.6. The monoisotopic (exact) mass is 354 g/mol. The third-order valence-electron chi connectivity index (χ3n) is 4.32. The summed E-state index contributed by atoms with van der Waals surface area (Å²) in [5.41, 5.74) is 0.737. The van der Waals surface area contributed by atoms with Crippen LogP contribution in [-0.2, 0) is 9.53 Å². The van der Waals surface area contributed by atoms with Crippen LogP contribution in [0.15, 0.2) is 64.4 Å². The van der Waals surface area contributed by atoms with Gasteiger partial charge in [0.2, 0.25) is 5.78 Å². The molecule has 0 aliphatic carbocycles.